The molecule has 0 amide bonds. The molecule has 1 N–H and O–H groups in total. The van der Waals surface area contributed by atoms with Gasteiger partial charge in [-0.3, -0.25) is 0 Å². The molecule has 1 aromatic rings. The molecule has 5 heterocycles. The molecule has 7 heteroatoms. The van der Waals surface area contributed by atoms with Crippen molar-refractivity contribution in [3.05, 3.63) is 12.0 Å². The van der Waals surface area contributed by atoms with Crippen LogP contribution in [-0.2, 0) is 4.74 Å². The van der Waals surface area contributed by atoms with E-state index in [-0.39, 0.29) is 30.0 Å². The van der Waals surface area contributed by atoms with Crippen LogP contribution in [0.25, 0.3) is 0 Å². The molecule has 1 spiro atoms. The van der Waals surface area contributed by atoms with Crippen molar-refractivity contribution in [2.75, 3.05) is 42.6 Å². The van der Waals surface area contributed by atoms with Crippen LogP contribution >= 0.6 is 0 Å². The number of hydrogen-bond donors (Lipinski definition) is 1. The van der Waals surface area contributed by atoms with Crippen molar-refractivity contribution < 1.29 is 14.2 Å². The SMILES string of the molecule is OC[C@H]1[C@H]2CN(c3ncc(F)c(N4CCCC4)n3)C[C@]23CC[C@H]1O3. The molecule has 0 unspecified atom stereocenters. The van der Waals surface area contributed by atoms with Crippen LogP contribution in [0.1, 0.15) is 25.7 Å². The lowest BCUT2D eigenvalue weighted by Gasteiger charge is -2.27. The third-order valence-electron chi connectivity index (χ3n) is 6.40. The number of nitrogens with zero attached hydrogens (tertiary/aromatic N) is 4. The highest BCUT2D eigenvalue weighted by Crippen LogP contribution is 2.55. The maximum atomic E-state index is 14.2. The Balaban J connectivity index is 1.43. The molecular formula is C17H23FN4O2. The molecule has 4 aliphatic heterocycles. The topological polar surface area (TPSA) is 61.7 Å². The van der Waals surface area contributed by atoms with E-state index in [0.717, 1.165) is 51.9 Å². The number of aliphatic hydroxyl groups excluding tert-OH is 1. The third-order valence-corrected chi connectivity index (χ3v) is 6.40. The highest BCUT2D eigenvalue weighted by molar-refractivity contribution is 5.47. The summed E-state index contributed by atoms with van der Waals surface area (Å²) in [6.45, 7) is 3.42. The summed E-state index contributed by atoms with van der Waals surface area (Å²) in [5.41, 5.74) is -0.163. The van der Waals surface area contributed by atoms with Gasteiger partial charge in [-0.25, -0.2) is 9.37 Å². The van der Waals surface area contributed by atoms with Crippen LogP contribution in [0.2, 0.25) is 0 Å². The lowest BCUT2D eigenvalue weighted by atomic mass is 9.74. The molecule has 4 atom stereocenters. The van der Waals surface area contributed by atoms with Crippen molar-refractivity contribution in [3.63, 3.8) is 0 Å². The van der Waals surface area contributed by atoms with Crippen molar-refractivity contribution in [1.82, 2.24) is 9.97 Å². The van der Waals surface area contributed by atoms with E-state index in [1.165, 1.54) is 6.20 Å². The molecule has 4 saturated heterocycles. The summed E-state index contributed by atoms with van der Waals surface area (Å²) in [4.78, 5) is 12.9. The number of rotatable bonds is 3. The predicted molar refractivity (Wildman–Crippen MR) is 86.6 cm³/mol. The van der Waals surface area contributed by atoms with Crippen molar-refractivity contribution in [3.8, 4) is 0 Å². The average molecular weight is 334 g/mol. The highest BCUT2D eigenvalue weighted by atomic mass is 19.1. The largest absolute Gasteiger partial charge is 0.396 e. The van der Waals surface area contributed by atoms with Crippen molar-refractivity contribution in [2.45, 2.75) is 37.4 Å². The number of hydrogen-bond acceptors (Lipinski definition) is 6. The van der Waals surface area contributed by atoms with Gasteiger partial charge in [-0.05, 0) is 25.7 Å². The monoisotopic (exact) mass is 334 g/mol. The fraction of sp³-hybridized carbons (Fsp3) is 0.765. The van der Waals surface area contributed by atoms with Crippen LogP contribution in [0, 0.1) is 17.7 Å². The van der Waals surface area contributed by atoms with E-state index >= 15 is 0 Å². The molecule has 130 valence electrons. The minimum absolute atomic E-state index is 0.163. The molecule has 0 saturated carbocycles. The van der Waals surface area contributed by atoms with Gasteiger partial charge in [0.05, 0.1) is 24.4 Å². The van der Waals surface area contributed by atoms with Crippen LogP contribution < -0.4 is 9.80 Å². The zero-order valence-corrected chi connectivity index (χ0v) is 13.7. The maximum Gasteiger partial charge on any atom is 0.227 e. The number of aliphatic hydroxyl groups is 1. The fourth-order valence-electron chi connectivity index (χ4n) is 5.24. The van der Waals surface area contributed by atoms with Gasteiger partial charge >= 0.3 is 0 Å². The van der Waals surface area contributed by atoms with Crippen molar-refractivity contribution >= 4 is 11.8 Å². The van der Waals surface area contributed by atoms with Gasteiger partial charge in [-0.1, -0.05) is 0 Å². The zero-order valence-electron chi connectivity index (χ0n) is 13.7. The van der Waals surface area contributed by atoms with Gasteiger partial charge < -0.3 is 19.6 Å². The van der Waals surface area contributed by atoms with E-state index < -0.39 is 0 Å². The second kappa shape index (κ2) is 5.26. The molecule has 4 fully saturated rings. The molecule has 6 nitrogen and oxygen atoms in total. The number of aromatic nitrogens is 2. The molecule has 1 aromatic heterocycles. The smallest absolute Gasteiger partial charge is 0.227 e. The minimum Gasteiger partial charge on any atom is -0.396 e. The van der Waals surface area contributed by atoms with Crippen LogP contribution in [0.4, 0.5) is 16.2 Å². The van der Waals surface area contributed by atoms with E-state index in [1.807, 2.05) is 4.90 Å². The van der Waals surface area contributed by atoms with Crippen LogP contribution in [0.5, 0.6) is 0 Å². The first-order chi connectivity index (χ1) is 11.7. The summed E-state index contributed by atoms with van der Waals surface area (Å²) in [5.74, 6) is 1.21. The summed E-state index contributed by atoms with van der Waals surface area (Å²) >= 11 is 0. The Kier molecular flexibility index (Phi) is 3.25. The summed E-state index contributed by atoms with van der Waals surface area (Å²) in [7, 11) is 0. The normalized spacial score (nSPS) is 37.5. The van der Waals surface area contributed by atoms with E-state index in [1.54, 1.807) is 0 Å². The summed E-state index contributed by atoms with van der Waals surface area (Å²) in [6, 6.07) is 0. The highest BCUT2D eigenvalue weighted by Gasteiger charge is 2.63. The lowest BCUT2D eigenvalue weighted by Crippen LogP contribution is -2.37. The lowest BCUT2D eigenvalue weighted by molar-refractivity contribution is 0.0128. The summed E-state index contributed by atoms with van der Waals surface area (Å²) in [6.07, 6.45) is 5.73. The van der Waals surface area contributed by atoms with Gasteiger partial charge in [-0.15, -0.1) is 0 Å². The maximum absolute atomic E-state index is 14.2. The van der Waals surface area contributed by atoms with Crippen molar-refractivity contribution in [2.24, 2.45) is 11.8 Å². The van der Waals surface area contributed by atoms with Gasteiger partial charge in [0.25, 0.3) is 0 Å². The van der Waals surface area contributed by atoms with E-state index in [4.69, 9.17) is 4.74 Å². The second-order valence-corrected chi connectivity index (χ2v) is 7.63. The summed E-state index contributed by atoms with van der Waals surface area (Å²) < 4.78 is 20.4. The number of halogens is 1. The van der Waals surface area contributed by atoms with Crippen LogP contribution in [-0.4, -0.2) is 59.6 Å². The average Bonchev–Trinajstić information content (AvgIpc) is 3.34. The Bertz CT molecular complexity index is 653. The second-order valence-electron chi connectivity index (χ2n) is 7.63. The van der Waals surface area contributed by atoms with E-state index in [2.05, 4.69) is 14.9 Å². The molecule has 0 radical (unpaired) electrons. The number of fused-ring (bicyclic) bond motifs is 1. The Morgan fingerprint density at radius 1 is 1.33 bits per heavy atom. The van der Waals surface area contributed by atoms with E-state index in [0.29, 0.717) is 17.7 Å². The van der Waals surface area contributed by atoms with Crippen molar-refractivity contribution in [1.29, 1.82) is 0 Å². The first-order valence-electron chi connectivity index (χ1n) is 9.01. The standard InChI is InChI=1S/C17H23FN4O2/c18-13-7-19-16(20-15(13)21-5-1-2-6-21)22-8-12-11(9-23)14-3-4-17(12,10-22)24-14/h7,11-12,14,23H,1-6,8-10H2/t11-,12+,14+,17+/m0/s1. The Morgan fingerprint density at radius 3 is 2.96 bits per heavy atom. The van der Waals surface area contributed by atoms with Gasteiger partial charge in [-0.2, -0.15) is 4.98 Å². The van der Waals surface area contributed by atoms with Gasteiger partial charge in [0.1, 0.15) is 0 Å². The number of ether oxygens (including phenoxy) is 1. The minimum atomic E-state index is -0.344. The van der Waals surface area contributed by atoms with Crippen LogP contribution in [0.15, 0.2) is 6.20 Å². The molecule has 2 bridgehead atoms. The van der Waals surface area contributed by atoms with Gasteiger partial charge in [0.15, 0.2) is 11.6 Å². The predicted octanol–water partition coefficient (Wildman–Crippen LogP) is 1.19. The third kappa shape index (κ3) is 2.00. The zero-order chi connectivity index (χ0) is 16.3. The molecule has 0 aromatic carbocycles. The fourth-order valence-corrected chi connectivity index (χ4v) is 5.24. The van der Waals surface area contributed by atoms with Gasteiger partial charge in [0, 0.05) is 38.1 Å². The van der Waals surface area contributed by atoms with Gasteiger partial charge in [0.2, 0.25) is 5.95 Å². The molecule has 4 aliphatic rings. The molecule has 5 rings (SSSR count). The quantitative estimate of drug-likeness (QED) is 0.896. The Morgan fingerprint density at radius 2 is 2.17 bits per heavy atom. The first kappa shape index (κ1) is 14.8. The molecule has 24 heavy (non-hydrogen) atoms. The van der Waals surface area contributed by atoms with Crippen LogP contribution in [0.3, 0.4) is 0 Å². The summed E-state index contributed by atoms with van der Waals surface area (Å²) in [5, 5.41) is 9.73. The molecule has 0 aliphatic carbocycles. The Hall–Kier alpha value is -1.47. The first-order valence-corrected chi connectivity index (χ1v) is 9.01. The van der Waals surface area contributed by atoms with E-state index in [9.17, 15) is 9.50 Å². The number of anilines is 2. The molecular weight excluding hydrogens is 311 g/mol. The Labute approximate surface area is 140 Å².